The summed E-state index contributed by atoms with van der Waals surface area (Å²) in [6, 6.07) is 9.06. The SMILES string of the molecule is O=C1C[C@@H]2CC(NC[C@@H](O)CN3CCc4ccccc4C3)C[C@@H]2CN1. The Kier molecular flexibility index (Phi) is 5.06. The molecule has 2 aliphatic heterocycles. The van der Waals surface area contributed by atoms with Crippen LogP contribution in [0, 0.1) is 11.8 Å². The van der Waals surface area contributed by atoms with Crippen molar-refractivity contribution in [3.05, 3.63) is 35.4 Å². The molecule has 3 N–H and O–H groups in total. The van der Waals surface area contributed by atoms with E-state index in [4.69, 9.17) is 0 Å². The highest BCUT2D eigenvalue weighted by Gasteiger charge is 2.38. The number of rotatable bonds is 5. The number of aliphatic hydroxyl groups excluding tert-OH is 1. The fraction of sp³-hybridized carbons (Fsp3) is 0.650. The van der Waals surface area contributed by atoms with Gasteiger partial charge in [-0.05, 0) is 42.2 Å². The molecule has 0 radical (unpaired) electrons. The number of nitrogens with one attached hydrogen (secondary N) is 2. The van der Waals surface area contributed by atoms with Gasteiger partial charge in [0.1, 0.15) is 0 Å². The average molecular weight is 343 g/mol. The molecule has 1 saturated carbocycles. The number of nitrogens with zero attached hydrogens (tertiary/aromatic N) is 1. The second-order valence-electron chi connectivity index (χ2n) is 8.01. The third-order valence-electron chi connectivity index (χ3n) is 6.17. The second kappa shape index (κ2) is 7.44. The molecular weight excluding hydrogens is 314 g/mol. The van der Waals surface area contributed by atoms with Gasteiger partial charge in [-0.1, -0.05) is 24.3 Å². The number of carbonyl (C=O) groups is 1. The molecule has 0 bridgehead atoms. The van der Waals surface area contributed by atoms with E-state index in [9.17, 15) is 9.90 Å². The molecule has 1 unspecified atom stereocenters. The van der Waals surface area contributed by atoms with Crippen LogP contribution < -0.4 is 10.6 Å². The Hall–Kier alpha value is -1.43. The maximum absolute atomic E-state index is 11.5. The van der Waals surface area contributed by atoms with E-state index in [1.165, 1.54) is 11.1 Å². The van der Waals surface area contributed by atoms with Crippen LogP contribution in [-0.2, 0) is 17.8 Å². The molecule has 0 aromatic heterocycles. The summed E-state index contributed by atoms with van der Waals surface area (Å²) in [5.74, 6) is 1.35. The number of benzene rings is 1. The van der Waals surface area contributed by atoms with E-state index >= 15 is 0 Å². The summed E-state index contributed by atoms with van der Waals surface area (Å²) in [5, 5.41) is 17.0. The Balaban J connectivity index is 1.21. The zero-order chi connectivity index (χ0) is 17.2. The lowest BCUT2D eigenvalue weighted by Crippen LogP contribution is -2.42. The van der Waals surface area contributed by atoms with Gasteiger partial charge in [0.15, 0.2) is 0 Å². The molecule has 1 aliphatic carbocycles. The predicted octanol–water partition coefficient (Wildman–Crippen LogP) is 0.910. The standard InChI is InChI=1S/C20H29N3O2/c24-19(13-23-6-5-14-3-1-2-4-15(14)12-23)11-21-18-7-16-9-20(25)22-10-17(16)8-18/h1-4,16-19,21,24H,5-13H2,(H,22,25)/t16-,17+,18?,19+/m0/s1. The Labute approximate surface area is 149 Å². The largest absolute Gasteiger partial charge is 0.390 e. The molecule has 136 valence electrons. The summed E-state index contributed by atoms with van der Waals surface area (Å²) in [6.45, 7) is 4.16. The van der Waals surface area contributed by atoms with Gasteiger partial charge >= 0.3 is 0 Å². The molecule has 5 heteroatoms. The number of amides is 1. The van der Waals surface area contributed by atoms with Gasteiger partial charge in [-0.15, -0.1) is 0 Å². The van der Waals surface area contributed by atoms with Gasteiger partial charge < -0.3 is 15.7 Å². The monoisotopic (exact) mass is 343 g/mol. The van der Waals surface area contributed by atoms with E-state index in [2.05, 4.69) is 39.8 Å². The fourth-order valence-corrected chi connectivity index (χ4v) is 4.81. The van der Waals surface area contributed by atoms with Gasteiger partial charge in [-0.3, -0.25) is 9.69 Å². The van der Waals surface area contributed by atoms with Crippen LogP contribution >= 0.6 is 0 Å². The van der Waals surface area contributed by atoms with E-state index in [1.807, 2.05) is 0 Å². The summed E-state index contributed by atoms with van der Waals surface area (Å²) in [6.07, 6.45) is 3.60. The van der Waals surface area contributed by atoms with Crippen molar-refractivity contribution >= 4 is 5.91 Å². The molecule has 25 heavy (non-hydrogen) atoms. The topological polar surface area (TPSA) is 64.6 Å². The highest BCUT2D eigenvalue weighted by atomic mass is 16.3. The first-order chi connectivity index (χ1) is 12.2. The molecule has 1 aromatic rings. The van der Waals surface area contributed by atoms with Gasteiger partial charge in [0.25, 0.3) is 0 Å². The Bertz CT molecular complexity index is 621. The van der Waals surface area contributed by atoms with Crippen LogP contribution in [0.4, 0.5) is 0 Å². The van der Waals surface area contributed by atoms with Crippen LogP contribution in [0.2, 0.25) is 0 Å². The number of hydrogen-bond donors (Lipinski definition) is 3. The lowest BCUT2D eigenvalue weighted by atomic mass is 9.89. The number of fused-ring (bicyclic) bond motifs is 2. The van der Waals surface area contributed by atoms with Crippen molar-refractivity contribution in [2.24, 2.45) is 11.8 Å². The van der Waals surface area contributed by atoms with Gasteiger partial charge in [0.2, 0.25) is 5.91 Å². The number of aliphatic hydroxyl groups is 1. The Morgan fingerprint density at radius 1 is 1.24 bits per heavy atom. The first-order valence-electron chi connectivity index (χ1n) is 9.64. The van der Waals surface area contributed by atoms with Crippen LogP contribution in [0.5, 0.6) is 0 Å². The van der Waals surface area contributed by atoms with E-state index in [-0.39, 0.29) is 12.0 Å². The molecule has 3 aliphatic rings. The normalized spacial score (nSPS) is 30.4. The van der Waals surface area contributed by atoms with Crippen molar-refractivity contribution < 1.29 is 9.90 Å². The van der Waals surface area contributed by atoms with Gasteiger partial charge in [-0.25, -0.2) is 0 Å². The molecule has 4 rings (SSSR count). The van der Waals surface area contributed by atoms with Crippen molar-refractivity contribution in [3.8, 4) is 0 Å². The van der Waals surface area contributed by atoms with Gasteiger partial charge in [0.05, 0.1) is 6.10 Å². The van der Waals surface area contributed by atoms with Gasteiger partial charge in [-0.2, -0.15) is 0 Å². The summed E-state index contributed by atoms with van der Waals surface area (Å²) in [5.41, 5.74) is 2.84. The highest BCUT2D eigenvalue weighted by molar-refractivity contribution is 5.77. The maximum Gasteiger partial charge on any atom is 0.220 e. The van der Waals surface area contributed by atoms with Crippen LogP contribution in [0.25, 0.3) is 0 Å². The number of carbonyl (C=O) groups excluding carboxylic acids is 1. The van der Waals surface area contributed by atoms with E-state index in [0.29, 0.717) is 30.8 Å². The zero-order valence-corrected chi connectivity index (χ0v) is 14.8. The van der Waals surface area contributed by atoms with Crippen molar-refractivity contribution in [1.82, 2.24) is 15.5 Å². The minimum atomic E-state index is -0.340. The van der Waals surface area contributed by atoms with Crippen molar-refractivity contribution in [1.29, 1.82) is 0 Å². The van der Waals surface area contributed by atoms with Crippen LogP contribution in [0.15, 0.2) is 24.3 Å². The molecule has 1 amide bonds. The number of hydrogen-bond acceptors (Lipinski definition) is 4. The van der Waals surface area contributed by atoms with Crippen LogP contribution in [-0.4, -0.2) is 54.2 Å². The average Bonchev–Trinajstić information content (AvgIpc) is 3.02. The van der Waals surface area contributed by atoms with Crippen LogP contribution in [0.1, 0.15) is 30.4 Å². The summed E-state index contributed by atoms with van der Waals surface area (Å²) >= 11 is 0. The van der Waals surface area contributed by atoms with Crippen molar-refractivity contribution in [2.75, 3.05) is 26.2 Å². The molecule has 1 saturated heterocycles. The Morgan fingerprint density at radius 3 is 2.92 bits per heavy atom. The lowest BCUT2D eigenvalue weighted by Gasteiger charge is -2.30. The fourth-order valence-electron chi connectivity index (χ4n) is 4.81. The van der Waals surface area contributed by atoms with E-state index in [0.717, 1.165) is 45.4 Å². The zero-order valence-electron chi connectivity index (χ0n) is 14.8. The Morgan fingerprint density at radius 2 is 2.04 bits per heavy atom. The minimum Gasteiger partial charge on any atom is -0.390 e. The maximum atomic E-state index is 11.5. The highest BCUT2D eigenvalue weighted by Crippen LogP contribution is 2.36. The van der Waals surface area contributed by atoms with Gasteiger partial charge in [0, 0.05) is 45.2 Å². The summed E-state index contributed by atoms with van der Waals surface area (Å²) < 4.78 is 0. The summed E-state index contributed by atoms with van der Waals surface area (Å²) in [7, 11) is 0. The molecular formula is C20H29N3O2. The molecule has 0 spiro atoms. The number of β-amino-alcohol motifs (C(OH)–C–C–N with tert-alkyl or cyclic N) is 1. The predicted molar refractivity (Wildman–Crippen MR) is 97.1 cm³/mol. The molecule has 2 heterocycles. The first-order valence-corrected chi connectivity index (χ1v) is 9.64. The van der Waals surface area contributed by atoms with Crippen LogP contribution in [0.3, 0.4) is 0 Å². The minimum absolute atomic E-state index is 0.201. The molecule has 1 aromatic carbocycles. The second-order valence-corrected chi connectivity index (χ2v) is 8.01. The smallest absolute Gasteiger partial charge is 0.220 e. The first kappa shape index (κ1) is 17.0. The molecule has 5 nitrogen and oxygen atoms in total. The van der Waals surface area contributed by atoms with E-state index < -0.39 is 0 Å². The van der Waals surface area contributed by atoms with Crippen molar-refractivity contribution in [3.63, 3.8) is 0 Å². The number of piperidine rings is 1. The van der Waals surface area contributed by atoms with E-state index in [1.54, 1.807) is 0 Å². The molecule has 4 atom stereocenters. The lowest BCUT2D eigenvalue weighted by molar-refractivity contribution is -0.124. The summed E-state index contributed by atoms with van der Waals surface area (Å²) in [4.78, 5) is 13.9. The van der Waals surface area contributed by atoms with Crippen molar-refractivity contribution in [2.45, 2.75) is 44.4 Å². The quantitative estimate of drug-likeness (QED) is 0.744. The third-order valence-corrected chi connectivity index (χ3v) is 6.17. The molecule has 2 fully saturated rings. The third kappa shape index (κ3) is 4.05.